The van der Waals surface area contributed by atoms with Gasteiger partial charge in [-0.1, -0.05) is 78.9 Å². The molecule has 0 N–H and O–H groups in total. The van der Waals surface area contributed by atoms with Crippen LogP contribution in [0.1, 0.15) is 22.3 Å². The Bertz CT molecular complexity index is 2410. The van der Waals surface area contributed by atoms with Crippen molar-refractivity contribution in [2.45, 2.75) is 13.8 Å². The number of fused-ring (bicyclic) bond motifs is 6. The van der Waals surface area contributed by atoms with E-state index in [1.807, 2.05) is 36.4 Å². The standard InChI is InChI=1S/C40H26N4/c1-25-15-17-32-30-11-5-7-13-35(30)43(37(32)19-25)39-21-28(29-10-4-3-9-27(29)23-41)22-40(34(39)24-42)44-36-14-8-6-12-31(36)33-18-16-26(2)20-38(33)44/h3-22H,1-2H3. The van der Waals surface area contributed by atoms with Gasteiger partial charge in [0, 0.05) is 21.5 Å². The van der Waals surface area contributed by atoms with Gasteiger partial charge in [-0.15, -0.1) is 0 Å². The first-order valence-electron chi connectivity index (χ1n) is 14.7. The highest BCUT2D eigenvalue weighted by atomic mass is 15.0. The highest BCUT2D eigenvalue weighted by Crippen LogP contribution is 2.40. The molecule has 0 bridgehead atoms. The lowest BCUT2D eigenvalue weighted by molar-refractivity contribution is 1.12. The third-order valence-corrected chi connectivity index (χ3v) is 8.71. The summed E-state index contributed by atoms with van der Waals surface area (Å²) < 4.78 is 4.44. The molecule has 0 aliphatic rings. The van der Waals surface area contributed by atoms with Gasteiger partial charge in [-0.05, 0) is 78.6 Å². The first-order valence-corrected chi connectivity index (χ1v) is 14.7. The van der Waals surface area contributed by atoms with Crippen molar-refractivity contribution in [3.8, 4) is 34.6 Å². The Kier molecular flexibility index (Phi) is 5.66. The Morgan fingerprint density at radius 2 is 0.955 bits per heavy atom. The molecule has 2 aromatic heterocycles. The lowest BCUT2D eigenvalue weighted by Crippen LogP contribution is -2.05. The number of benzene rings is 6. The summed E-state index contributed by atoms with van der Waals surface area (Å²) in [5.41, 5.74) is 10.8. The maximum atomic E-state index is 11.0. The highest BCUT2D eigenvalue weighted by molar-refractivity contribution is 6.11. The largest absolute Gasteiger partial charge is 0.308 e. The molecule has 0 saturated carbocycles. The number of nitriles is 2. The van der Waals surface area contributed by atoms with E-state index < -0.39 is 0 Å². The Hall–Kier alpha value is -6.10. The van der Waals surface area contributed by atoms with Gasteiger partial charge in [0.15, 0.2) is 0 Å². The molecule has 6 aromatic carbocycles. The fraction of sp³-hybridized carbons (Fsp3) is 0.0500. The van der Waals surface area contributed by atoms with Crippen LogP contribution in [-0.4, -0.2) is 9.13 Å². The molecule has 0 fully saturated rings. The number of rotatable bonds is 3. The predicted octanol–water partition coefficient (Wildman–Crippen LogP) is 9.91. The van der Waals surface area contributed by atoms with Gasteiger partial charge in [0.2, 0.25) is 0 Å². The van der Waals surface area contributed by atoms with Crippen molar-refractivity contribution in [2.24, 2.45) is 0 Å². The van der Waals surface area contributed by atoms with Crippen LogP contribution in [0.25, 0.3) is 66.1 Å². The van der Waals surface area contributed by atoms with E-state index in [1.165, 1.54) is 0 Å². The Morgan fingerprint density at radius 1 is 0.477 bits per heavy atom. The maximum absolute atomic E-state index is 11.0. The fourth-order valence-corrected chi connectivity index (χ4v) is 6.75. The van der Waals surface area contributed by atoms with Crippen molar-refractivity contribution in [3.63, 3.8) is 0 Å². The molecule has 0 saturated heterocycles. The topological polar surface area (TPSA) is 57.4 Å². The number of para-hydroxylation sites is 2. The summed E-state index contributed by atoms with van der Waals surface area (Å²) in [7, 11) is 0. The van der Waals surface area contributed by atoms with Crippen LogP contribution in [-0.2, 0) is 0 Å². The molecule has 206 valence electrons. The summed E-state index contributed by atoms with van der Waals surface area (Å²) >= 11 is 0. The lowest BCUT2D eigenvalue weighted by atomic mass is 9.96. The van der Waals surface area contributed by atoms with Gasteiger partial charge in [0.1, 0.15) is 11.6 Å². The van der Waals surface area contributed by atoms with Gasteiger partial charge in [0.25, 0.3) is 0 Å². The summed E-state index contributed by atoms with van der Waals surface area (Å²) in [5.74, 6) is 0. The zero-order valence-electron chi connectivity index (χ0n) is 24.3. The maximum Gasteiger partial charge on any atom is 0.104 e. The minimum Gasteiger partial charge on any atom is -0.308 e. The summed E-state index contributed by atoms with van der Waals surface area (Å²) in [5, 5.41) is 25.6. The SMILES string of the molecule is Cc1ccc2c3ccccc3n(-c3cc(-c4ccccc4C#N)cc(-n4c5ccccc5c5ccc(C)cc54)c3C#N)c2c1. The van der Waals surface area contributed by atoms with Crippen LogP contribution < -0.4 is 0 Å². The monoisotopic (exact) mass is 562 g/mol. The molecule has 44 heavy (non-hydrogen) atoms. The van der Waals surface area contributed by atoms with E-state index >= 15 is 0 Å². The molecule has 0 aliphatic heterocycles. The van der Waals surface area contributed by atoms with E-state index in [9.17, 15) is 10.5 Å². The number of aromatic nitrogens is 2. The average Bonchev–Trinajstić information content (AvgIpc) is 3.55. The third kappa shape index (κ3) is 3.69. The third-order valence-electron chi connectivity index (χ3n) is 8.71. The van der Waals surface area contributed by atoms with Crippen molar-refractivity contribution < 1.29 is 0 Å². The second-order valence-electron chi connectivity index (χ2n) is 11.4. The van der Waals surface area contributed by atoms with E-state index in [4.69, 9.17) is 0 Å². The molecule has 0 radical (unpaired) electrons. The molecule has 0 atom stereocenters. The lowest BCUT2D eigenvalue weighted by Gasteiger charge is -2.19. The molecule has 4 nitrogen and oxygen atoms in total. The second-order valence-corrected chi connectivity index (χ2v) is 11.4. The second kappa shape index (κ2) is 9.73. The van der Waals surface area contributed by atoms with Crippen molar-refractivity contribution in [1.82, 2.24) is 9.13 Å². The zero-order chi connectivity index (χ0) is 29.9. The zero-order valence-corrected chi connectivity index (χ0v) is 24.3. The molecule has 0 spiro atoms. The van der Waals surface area contributed by atoms with Gasteiger partial charge < -0.3 is 9.13 Å². The first-order chi connectivity index (χ1) is 21.6. The van der Waals surface area contributed by atoms with Crippen LogP contribution in [0.3, 0.4) is 0 Å². The molecular formula is C40H26N4. The van der Waals surface area contributed by atoms with E-state index in [0.29, 0.717) is 11.1 Å². The fourth-order valence-electron chi connectivity index (χ4n) is 6.75. The minimum atomic E-state index is 0.566. The number of hydrogen-bond donors (Lipinski definition) is 0. The summed E-state index contributed by atoms with van der Waals surface area (Å²) in [4.78, 5) is 0. The minimum absolute atomic E-state index is 0.566. The normalized spacial score (nSPS) is 11.4. The van der Waals surface area contributed by atoms with E-state index in [2.05, 4.69) is 120 Å². The number of aryl methyl sites for hydroxylation is 2. The molecule has 8 rings (SSSR count). The molecule has 2 heterocycles. The molecule has 0 aliphatic carbocycles. The molecule has 0 amide bonds. The van der Waals surface area contributed by atoms with Crippen molar-refractivity contribution in [1.29, 1.82) is 10.5 Å². The summed E-state index contributed by atoms with van der Waals surface area (Å²) in [6.45, 7) is 4.19. The van der Waals surface area contributed by atoms with Crippen LogP contribution in [0.5, 0.6) is 0 Å². The van der Waals surface area contributed by atoms with Crippen LogP contribution in [0, 0.1) is 36.5 Å². The van der Waals surface area contributed by atoms with Crippen molar-refractivity contribution in [3.05, 3.63) is 144 Å². The Balaban J connectivity index is 1.60. The van der Waals surface area contributed by atoms with Crippen LogP contribution >= 0.6 is 0 Å². The van der Waals surface area contributed by atoms with Crippen molar-refractivity contribution in [2.75, 3.05) is 0 Å². The van der Waals surface area contributed by atoms with Gasteiger partial charge >= 0.3 is 0 Å². The Morgan fingerprint density at radius 3 is 1.48 bits per heavy atom. The van der Waals surface area contributed by atoms with Gasteiger partial charge in [0.05, 0.1) is 45.1 Å². The number of nitrogens with zero attached hydrogens (tertiary/aromatic N) is 4. The molecule has 8 aromatic rings. The molecule has 0 unspecified atom stereocenters. The van der Waals surface area contributed by atoms with Gasteiger partial charge in [-0.25, -0.2) is 0 Å². The predicted molar refractivity (Wildman–Crippen MR) is 179 cm³/mol. The average molecular weight is 563 g/mol. The van der Waals surface area contributed by atoms with Gasteiger partial charge in [-0.3, -0.25) is 0 Å². The highest BCUT2D eigenvalue weighted by Gasteiger charge is 2.23. The van der Waals surface area contributed by atoms with Crippen LogP contribution in [0.2, 0.25) is 0 Å². The van der Waals surface area contributed by atoms with Crippen molar-refractivity contribution >= 4 is 43.6 Å². The first kappa shape index (κ1) is 25.6. The van der Waals surface area contributed by atoms with Gasteiger partial charge in [-0.2, -0.15) is 10.5 Å². The van der Waals surface area contributed by atoms with Crippen LogP contribution in [0.15, 0.2) is 121 Å². The quantitative estimate of drug-likeness (QED) is 0.215. The summed E-state index contributed by atoms with van der Waals surface area (Å²) in [6.07, 6.45) is 0. The molecular weight excluding hydrogens is 536 g/mol. The van der Waals surface area contributed by atoms with E-state index in [-0.39, 0.29) is 0 Å². The van der Waals surface area contributed by atoms with Crippen LogP contribution in [0.4, 0.5) is 0 Å². The smallest absolute Gasteiger partial charge is 0.104 e. The Labute approximate surface area is 254 Å². The van der Waals surface area contributed by atoms with E-state index in [1.54, 1.807) is 0 Å². The number of hydrogen-bond acceptors (Lipinski definition) is 2. The summed E-state index contributed by atoms with van der Waals surface area (Å²) in [6, 6.07) is 46.5. The molecule has 4 heteroatoms. The van der Waals surface area contributed by atoms with E-state index in [0.717, 1.165) is 77.2 Å².